The summed E-state index contributed by atoms with van der Waals surface area (Å²) in [5.41, 5.74) is 0.979. The summed E-state index contributed by atoms with van der Waals surface area (Å²) in [5.74, 6) is 1.37. The zero-order valence-electron chi connectivity index (χ0n) is 15.8. The van der Waals surface area contributed by atoms with E-state index in [4.69, 9.17) is 0 Å². The van der Waals surface area contributed by atoms with Crippen LogP contribution in [-0.2, 0) is 11.3 Å². The molecule has 1 aliphatic carbocycles. The van der Waals surface area contributed by atoms with Gasteiger partial charge in [-0.2, -0.15) is 4.68 Å². The first-order valence-electron chi connectivity index (χ1n) is 10.1. The summed E-state index contributed by atoms with van der Waals surface area (Å²) < 4.78 is 1.80. The van der Waals surface area contributed by atoms with Crippen molar-refractivity contribution >= 4 is 5.91 Å². The number of hydrogen-bond donors (Lipinski definition) is 1. The molecule has 27 heavy (non-hydrogen) atoms. The van der Waals surface area contributed by atoms with Crippen LogP contribution in [-0.4, -0.2) is 50.1 Å². The summed E-state index contributed by atoms with van der Waals surface area (Å²) in [6.45, 7) is 2.64. The summed E-state index contributed by atoms with van der Waals surface area (Å²) in [5, 5.41) is 15.5. The van der Waals surface area contributed by atoms with Crippen molar-refractivity contribution in [3.63, 3.8) is 0 Å². The lowest BCUT2D eigenvalue weighted by Crippen LogP contribution is -2.46. The normalized spacial score (nSPS) is 19.9. The molecule has 1 saturated carbocycles. The van der Waals surface area contributed by atoms with Crippen LogP contribution in [0.4, 0.5) is 0 Å². The molecule has 2 aliphatic rings. The first-order chi connectivity index (χ1) is 13.3. The topological polar surface area (TPSA) is 75.9 Å². The molecule has 1 N–H and O–H groups in total. The van der Waals surface area contributed by atoms with Gasteiger partial charge in [-0.05, 0) is 48.2 Å². The number of likely N-dealkylation sites (tertiary alicyclic amines) is 1. The monoisotopic (exact) mass is 368 g/mol. The summed E-state index contributed by atoms with van der Waals surface area (Å²) in [6.07, 6.45) is 7.79. The van der Waals surface area contributed by atoms with Gasteiger partial charge in [0.05, 0.1) is 12.2 Å². The van der Waals surface area contributed by atoms with Gasteiger partial charge < -0.3 is 5.32 Å². The van der Waals surface area contributed by atoms with E-state index < -0.39 is 0 Å². The number of piperidine rings is 1. The van der Waals surface area contributed by atoms with Crippen molar-refractivity contribution in [2.75, 3.05) is 13.1 Å². The number of nitrogens with zero attached hydrogens (tertiary/aromatic N) is 5. The van der Waals surface area contributed by atoms with E-state index in [0.29, 0.717) is 6.04 Å². The maximum Gasteiger partial charge on any atom is 0.223 e. The fraction of sp³-hybridized carbons (Fsp3) is 0.600. The van der Waals surface area contributed by atoms with Crippen LogP contribution in [0.25, 0.3) is 5.69 Å². The Morgan fingerprint density at radius 1 is 1.04 bits per heavy atom. The first-order valence-corrected chi connectivity index (χ1v) is 10.1. The Bertz CT molecular complexity index is 732. The molecule has 7 heteroatoms. The Balaban J connectivity index is 1.28. The quantitative estimate of drug-likeness (QED) is 0.877. The number of nitrogens with one attached hydrogen (secondary N) is 1. The van der Waals surface area contributed by atoms with Gasteiger partial charge in [-0.25, -0.2) is 0 Å². The number of carbonyl (C=O) groups excluding carboxylic acids is 1. The molecule has 1 amide bonds. The minimum atomic E-state index is 0.243. The Kier molecular flexibility index (Phi) is 5.77. The second-order valence-electron chi connectivity index (χ2n) is 7.74. The average Bonchev–Trinajstić information content (AvgIpc) is 3.19. The molecule has 0 spiro atoms. The lowest BCUT2D eigenvalue weighted by molar-refractivity contribution is -0.127. The van der Waals surface area contributed by atoms with Gasteiger partial charge in [-0.15, -0.1) is 5.10 Å². The number of benzene rings is 1. The Morgan fingerprint density at radius 3 is 2.52 bits per heavy atom. The van der Waals surface area contributed by atoms with Gasteiger partial charge in [0.1, 0.15) is 0 Å². The molecule has 1 aromatic heterocycles. The lowest BCUT2D eigenvalue weighted by atomic mass is 9.88. The van der Waals surface area contributed by atoms with E-state index in [1.165, 1.54) is 19.3 Å². The van der Waals surface area contributed by atoms with Crippen molar-refractivity contribution in [1.82, 2.24) is 30.4 Å². The van der Waals surface area contributed by atoms with Crippen LogP contribution in [0.1, 0.15) is 50.8 Å². The smallest absolute Gasteiger partial charge is 0.223 e. The van der Waals surface area contributed by atoms with Gasteiger partial charge >= 0.3 is 0 Å². The van der Waals surface area contributed by atoms with Gasteiger partial charge in [-0.3, -0.25) is 9.69 Å². The molecule has 144 valence electrons. The third kappa shape index (κ3) is 4.53. The van der Waals surface area contributed by atoms with Gasteiger partial charge in [0.2, 0.25) is 5.91 Å². The first kappa shape index (κ1) is 18.1. The molecule has 0 radical (unpaired) electrons. The lowest BCUT2D eigenvalue weighted by Gasteiger charge is -2.33. The highest BCUT2D eigenvalue weighted by molar-refractivity contribution is 5.79. The maximum atomic E-state index is 12.5. The second-order valence-corrected chi connectivity index (χ2v) is 7.74. The predicted molar refractivity (Wildman–Crippen MR) is 102 cm³/mol. The molecule has 1 saturated heterocycles. The summed E-state index contributed by atoms with van der Waals surface area (Å²) in [7, 11) is 0. The van der Waals surface area contributed by atoms with Gasteiger partial charge in [0, 0.05) is 25.0 Å². The largest absolute Gasteiger partial charge is 0.353 e. The van der Waals surface area contributed by atoms with Crippen molar-refractivity contribution in [2.45, 2.75) is 57.5 Å². The van der Waals surface area contributed by atoms with Crippen molar-refractivity contribution in [3.8, 4) is 5.69 Å². The van der Waals surface area contributed by atoms with Crippen LogP contribution in [0, 0.1) is 5.92 Å². The zero-order chi connectivity index (χ0) is 18.5. The Hall–Kier alpha value is -2.28. The second kappa shape index (κ2) is 8.61. The van der Waals surface area contributed by atoms with Gasteiger partial charge in [0.25, 0.3) is 0 Å². The van der Waals surface area contributed by atoms with Gasteiger partial charge in [0.15, 0.2) is 5.82 Å². The molecule has 2 aromatic rings. The summed E-state index contributed by atoms with van der Waals surface area (Å²) >= 11 is 0. The third-order valence-corrected chi connectivity index (χ3v) is 5.81. The molecular formula is C20H28N6O. The molecule has 1 aromatic carbocycles. The van der Waals surface area contributed by atoms with Crippen LogP contribution in [0.3, 0.4) is 0 Å². The van der Waals surface area contributed by atoms with Crippen LogP contribution < -0.4 is 5.32 Å². The standard InChI is InChI=1S/C20H28N6O/c27-20(16-7-3-1-4-8-16)21-17-11-13-25(14-12-17)15-19-22-23-24-26(19)18-9-5-2-6-10-18/h2,5-6,9-10,16-17H,1,3-4,7-8,11-15H2,(H,21,27). The van der Waals surface area contributed by atoms with Crippen LogP contribution >= 0.6 is 0 Å². The zero-order valence-corrected chi connectivity index (χ0v) is 15.8. The predicted octanol–water partition coefficient (Wildman–Crippen LogP) is 2.32. The van der Waals surface area contributed by atoms with Crippen LogP contribution in [0.2, 0.25) is 0 Å². The number of tetrazole rings is 1. The molecule has 7 nitrogen and oxygen atoms in total. The average molecular weight is 368 g/mol. The molecule has 1 aliphatic heterocycles. The van der Waals surface area contributed by atoms with Crippen molar-refractivity contribution in [1.29, 1.82) is 0 Å². The van der Waals surface area contributed by atoms with Crippen LogP contribution in [0.5, 0.6) is 0 Å². The van der Waals surface area contributed by atoms with Crippen LogP contribution in [0.15, 0.2) is 30.3 Å². The number of aromatic nitrogens is 4. The molecule has 2 fully saturated rings. The molecule has 0 unspecified atom stereocenters. The minimum Gasteiger partial charge on any atom is -0.353 e. The van der Waals surface area contributed by atoms with Gasteiger partial charge in [-0.1, -0.05) is 37.5 Å². The summed E-state index contributed by atoms with van der Waals surface area (Å²) in [4.78, 5) is 14.8. The van der Waals surface area contributed by atoms with E-state index in [2.05, 4.69) is 25.7 Å². The minimum absolute atomic E-state index is 0.243. The third-order valence-electron chi connectivity index (χ3n) is 5.81. The Labute approximate surface area is 160 Å². The molecular weight excluding hydrogens is 340 g/mol. The highest BCUT2D eigenvalue weighted by Crippen LogP contribution is 2.24. The number of carbonyl (C=O) groups is 1. The highest BCUT2D eigenvalue weighted by atomic mass is 16.1. The van der Waals surface area contributed by atoms with Crippen molar-refractivity contribution < 1.29 is 4.79 Å². The SMILES string of the molecule is O=C(NC1CCN(Cc2nnnn2-c2ccccc2)CC1)C1CCCCC1. The summed E-state index contributed by atoms with van der Waals surface area (Å²) in [6, 6.07) is 10.3. The molecule has 2 heterocycles. The van der Waals surface area contributed by atoms with E-state index in [9.17, 15) is 4.79 Å². The van der Waals surface area contributed by atoms with E-state index in [1.54, 1.807) is 4.68 Å². The van der Waals surface area contributed by atoms with E-state index >= 15 is 0 Å². The highest BCUT2D eigenvalue weighted by Gasteiger charge is 2.26. The fourth-order valence-corrected chi connectivity index (χ4v) is 4.19. The molecule has 0 bridgehead atoms. The maximum absolute atomic E-state index is 12.5. The number of para-hydroxylation sites is 1. The fourth-order valence-electron chi connectivity index (χ4n) is 4.19. The molecule has 0 atom stereocenters. The molecule has 4 rings (SSSR count). The number of rotatable bonds is 5. The van der Waals surface area contributed by atoms with Crippen molar-refractivity contribution in [3.05, 3.63) is 36.2 Å². The Morgan fingerprint density at radius 2 is 1.78 bits per heavy atom. The van der Waals surface area contributed by atoms with E-state index in [0.717, 1.165) is 56.8 Å². The van der Waals surface area contributed by atoms with E-state index in [1.807, 2.05) is 30.3 Å². The number of amides is 1. The number of hydrogen-bond acceptors (Lipinski definition) is 5. The van der Waals surface area contributed by atoms with E-state index in [-0.39, 0.29) is 11.8 Å². The van der Waals surface area contributed by atoms with Crippen molar-refractivity contribution in [2.24, 2.45) is 5.92 Å².